The number of amides is 1. The number of carbonyl (C=O) groups is 1. The largest absolute Gasteiger partial charge is 0.383 e. The van der Waals surface area contributed by atoms with Gasteiger partial charge in [-0.25, -0.2) is 0 Å². The Morgan fingerprint density at radius 2 is 2.04 bits per heavy atom. The van der Waals surface area contributed by atoms with Crippen LogP contribution in [0.3, 0.4) is 0 Å². The van der Waals surface area contributed by atoms with Crippen molar-refractivity contribution >= 4 is 16.8 Å². The summed E-state index contributed by atoms with van der Waals surface area (Å²) in [5, 5.41) is 8.04. The summed E-state index contributed by atoms with van der Waals surface area (Å²) in [4.78, 5) is 16.1. The first kappa shape index (κ1) is 18.5. The van der Waals surface area contributed by atoms with Gasteiger partial charge in [-0.1, -0.05) is 19.3 Å². The predicted molar refractivity (Wildman–Crippen MR) is 108 cm³/mol. The number of aromatic nitrogens is 1. The molecule has 27 heavy (non-hydrogen) atoms. The van der Waals surface area contributed by atoms with Gasteiger partial charge in [0.1, 0.15) is 0 Å². The maximum atomic E-state index is 12.4. The Balaban J connectivity index is 1.55. The fraction of sp³-hybridized carbons (Fsp3) is 0.591. The minimum absolute atomic E-state index is 0.0309. The number of aryl methyl sites for hydroxylation is 1. The van der Waals surface area contributed by atoms with Crippen LogP contribution in [0.4, 0.5) is 0 Å². The van der Waals surface area contributed by atoms with Crippen molar-refractivity contribution in [2.24, 2.45) is 0 Å². The summed E-state index contributed by atoms with van der Waals surface area (Å²) in [7, 11) is 1.64. The molecule has 2 aromatic rings. The van der Waals surface area contributed by atoms with Gasteiger partial charge in [-0.05, 0) is 55.9 Å². The van der Waals surface area contributed by atoms with Crippen molar-refractivity contribution in [3.63, 3.8) is 0 Å². The summed E-state index contributed by atoms with van der Waals surface area (Å²) in [5.74, 6) is -0.0309. The van der Waals surface area contributed by atoms with E-state index < -0.39 is 0 Å². The molecular weight excluding hydrogens is 338 g/mol. The van der Waals surface area contributed by atoms with Crippen molar-refractivity contribution in [2.45, 2.75) is 63.5 Å². The Hall–Kier alpha value is -1.85. The first-order chi connectivity index (χ1) is 13.3. The van der Waals surface area contributed by atoms with Crippen LogP contribution >= 0.6 is 0 Å². The van der Waals surface area contributed by atoms with E-state index in [1.54, 1.807) is 7.11 Å². The average Bonchev–Trinajstić information content (AvgIpc) is 3.08. The number of hydrogen-bond acceptors (Lipinski definition) is 3. The minimum atomic E-state index is -0.0309. The number of hydrogen-bond donors (Lipinski definition) is 3. The molecule has 0 radical (unpaired) electrons. The van der Waals surface area contributed by atoms with Crippen molar-refractivity contribution < 1.29 is 9.53 Å². The van der Waals surface area contributed by atoms with Crippen molar-refractivity contribution in [1.82, 2.24) is 15.6 Å². The lowest BCUT2D eigenvalue weighted by Crippen LogP contribution is -2.36. The summed E-state index contributed by atoms with van der Waals surface area (Å²) in [5.41, 5.74) is 4.61. The van der Waals surface area contributed by atoms with Crippen LogP contribution in [0, 0.1) is 0 Å². The number of fused-ring (bicyclic) bond motifs is 3. The van der Waals surface area contributed by atoms with Crippen LogP contribution in [0.5, 0.6) is 0 Å². The van der Waals surface area contributed by atoms with Crippen LogP contribution in [0.25, 0.3) is 10.9 Å². The summed E-state index contributed by atoms with van der Waals surface area (Å²) in [6, 6.07) is 7.09. The number of aromatic amines is 1. The first-order valence-electron chi connectivity index (χ1n) is 10.4. The van der Waals surface area contributed by atoms with Gasteiger partial charge in [0.2, 0.25) is 0 Å². The molecule has 5 heteroatoms. The smallest absolute Gasteiger partial charge is 0.251 e. The molecule has 2 aliphatic carbocycles. The van der Waals surface area contributed by atoms with E-state index >= 15 is 0 Å². The second-order valence-corrected chi connectivity index (χ2v) is 7.97. The maximum Gasteiger partial charge on any atom is 0.251 e. The van der Waals surface area contributed by atoms with E-state index in [0.29, 0.717) is 25.2 Å². The molecule has 0 bridgehead atoms. The second-order valence-electron chi connectivity index (χ2n) is 7.97. The monoisotopic (exact) mass is 369 g/mol. The highest BCUT2D eigenvalue weighted by molar-refractivity contribution is 5.99. The van der Waals surface area contributed by atoms with Gasteiger partial charge in [0.15, 0.2) is 0 Å². The Bertz CT molecular complexity index is 792. The summed E-state index contributed by atoms with van der Waals surface area (Å²) in [6.45, 7) is 1.06. The summed E-state index contributed by atoms with van der Waals surface area (Å²) >= 11 is 0. The van der Waals surface area contributed by atoms with Crippen molar-refractivity contribution in [3.05, 3.63) is 35.0 Å². The quantitative estimate of drug-likeness (QED) is 0.678. The van der Waals surface area contributed by atoms with Gasteiger partial charge in [-0.15, -0.1) is 0 Å². The van der Waals surface area contributed by atoms with Gasteiger partial charge < -0.3 is 20.4 Å². The molecule has 5 nitrogen and oxygen atoms in total. The maximum absolute atomic E-state index is 12.4. The van der Waals surface area contributed by atoms with E-state index in [1.165, 1.54) is 61.6 Å². The number of rotatable bonds is 6. The zero-order chi connectivity index (χ0) is 18.6. The van der Waals surface area contributed by atoms with Crippen molar-refractivity contribution in [3.8, 4) is 0 Å². The van der Waals surface area contributed by atoms with Gasteiger partial charge in [-0.2, -0.15) is 0 Å². The van der Waals surface area contributed by atoms with Crippen molar-refractivity contribution in [1.29, 1.82) is 0 Å². The highest BCUT2D eigenvalue weighted by atomic mass is 16.5. The molecule has 146 valence electrons. The van der Waals surface area contributed by atoms with Gasteiger partial charge in [0.05, 0.1) is 6.61 Å². The number of nitrogens with one attached hydrogen (secondary N) is 3. The molecule has 0 aliphatic heterocycles. The van der Waals surface area contributed by atoms with Gasteiger partial charge in [0.25, 0.3) is 5.91 Å². The Labute approximate surface area is 161 Å². The molecule has 4 rings (SSSR count). The zero-order valence-electron chi connectivity index (χ0n) is 16.3. The third-order valence-corrected chi connectivity index (χ3v) is 6.10. The van der Waals surface area contributed by atoms with Gasteiger partial charge in [0, 0.05) is 47.9 Å². The van der Waals surface area contributed by atoms with E-state index in [-0.39, 0.29) is 5.91 Å². The number of ether oxygens (including phenoxy) is 1. The lowest BCUT2D eigenvalue weighted by Gasteiger charge is -2.31. The molecule has 3 N–H and O–H groups in total. The molecule has 1 amide bonds. The third-order valence-electron chi connectivity index (χ3n) is 6.10. The van der Waals surface area contributed by atoms with Crippen molar-refractivity contribution in [2.75, 3.05) is 20.3 Å². The van der Waals surface area contributed by atoms with Crippen LogP contribution in [0.2, 0.25) is 0 Å². The number of carbonyl (C=O) groups excluding carboxylic acids is 1. The van der Waals surface area contributed by atoms with E-state index in [4.69, 9.17) is 4.74 Å². The average molecular weight is 370 g/mol. The second kappa shape index (κ2) is 8.44. The molecule has 1 fully saturated rings. The molecule has 2 aliphatic rings. The molecule has 0 spiro atoms. The molecule has 1 unspecified atom stereocenters. The first-order valence-corrected chi connectivity index (χ1v) is 10.4. The van der Waals surface area contributed by atoms with Crippen LogP contribution in [0.1, 0.15) is 72.6 Å². The highest BCUT2D eigenvalue weighted by Crippen LogP contribution is 2.36. The molecule has 1 heterocycles. The number of methoxy groups -OCH3 is 1. The van der Waals surface area contributed by atoms with E-state index in [0.717, 1.165) is 17.5 Å². The predicted octanol–water partition coefficient (Wildman–Crippen LogP) is 3.84. The van der Waals surface area contributed by atoms with Gasteiger partial charge >= 0.3 is 0 Å². The minimum Gasteiger partial charge on any atom is -0.383 e. The number of benzene rings is 1. The summed E-state index contributed by atoms with van der Waals surface area (Å²) < 4.78 is 5.01. The highest BCUT2D eigenvalue weighted by Gasteiger charge is 2.27. The fourth-order valence-corrected chi connectivity index (χ4v) is 4.69. The summed E-state index contributed by atoms with van der Waals surface area (Å²) in [6.07, 6.45) is 10.2. The SMILES string of the molecule is COCCNC(=O)c1ccc2[nH]c3c(c2c1)CCCC3NC1CCCCC1. The molecular formula is C22H31N3O2. The van der Waals surface area contributed by atoms with Crippen LogP contribution in [-0.4, -0.2) is 37.2 Å². The third kappa shape index (κ3) is 4.04. The Morgan fingerprint density at radius 3 is 2.85 bits per heavy atom. The number of H-pyrrole nitrogens is 1. The lowest BCUT2D eigenvalue weighted by molar-refractivity contribution is 0.0937. The Morgan fingerprint density at radius 1 is 1.19 bits per heavy atom. The fourth-order valence-electron chi connectivity index (χ4n) is 4.69. The Kier molecular flexibility index (Phi) is 5.79. The van der Waals surface area contributed by atoms with Crippen LogP contribution < -0.4 is 10.6 Å². The van der Waals surface area contributed by atoms with E-state index in [9.17, 15) is 4.79 Å². The topological polar surface area (TPSA) is 66.1 Å². The lowest BCUT2D eigenvalue weighted by atomic mass is 9.89. The zero-order valence-corrected chi connectivity index (χ0v) is 16.3. The van der Waals surface area contributed by atoms with Crippen LogP contribution in [-0.2, 0) is 11.2 Å². The molecule has 1 aromatic carbocycles. The van der Waals surface area contributed by atoms with E-state index in [1.807, 2.05) is 6.07 Å². The normalized spacial score (nSPS) is 20.6. The van der Waals surface area contributed by atoms with E-state index in [2.05, 4.69) is 27.8 Å². The molecule has 1 aromatic heterocycles. The molecule has 1 saturated carbocycles. The molecule has 0 saturated heterocycles. The standard InChI is InChI=1S/C22H31N3O2/c1-27-13-12-23-22(26)15-10-11-19-18(14-15)17-8-5-9-20(21(17)25-19)24-16-6-3-2-4-7-16/h10-11,14,16,20,24-25H,2-9,12-13H2,1H3,(H,23,26). The van der Waals surface area contributed by atoms with Gasteiger partial charge in [-0.3, -0.25) is 4.79 Å². The molecule has 1 atom stereocenters. The van der Waals surface area contributed by atoms with Crippen LogP contribution in [0.15, 0.2) is 18.2 Å².